The minimum atomic E-state index is -0.958. The first-order valence-corrected chi connectivity index (χ1v) is 6.84. The number of thiazole rings is 1. The summed E-state index contributed by atoms with van der Waals surface area (Å²) in [6, 6.07) is -0.836. The number of aliphatic carboxylic acids is 1. The van der Waals surface area contributed by atoms with Crippen LogP contribution in [0.1, 0.15) is 47.2 Å². The van der Waals surface area contributed by atoms with E-state index in [1.807, 2.05) is 0 Å². The summed E-state index contributed by atoms with van der Waals surface area (Å²) in [6.45, 7) is 2.07. The van der Waals surface area contributed by atoms with Crippen molar-refractivity contribution in [1.29, 1.82) is 0 Å². The van der Waals surface area contributed by atoms with Gasteiger partial charge in [0.05, 0.1) is 10.7 Å². The molecule has 1 atom stereocenters. The van der Waals surface area contributed by atoms with Crippen molar-refractivity contribution < 1.29 is 9.90 Å². The van der Waals surface area contributed by atoms with Crippen LogP contribution in [0.5, 0.6) is 0 Å². The molecule has 0 amide bonds. The van der Waals surface area contributed by atoms with E-state index in [1.54, 1.807) is 11.3 Å². The molecular weight excluding hydrogens is 236 g/mol. The fourth-order valence-corrected chi connectivity index (χ4v) is 3.48. The molecule has 2 rings (SSSR count). The summed E-state index contributed by atoms with van der Waals surface area (Å²) in [5, 5.41) is 9.64. The van der Waals surface area contributed by atoms with Crippen LogP contribution < -0.4 is 5.73 Å². The highest BCUT2D eigenvalue weighted by Gasteiger charge is 2.23. The minimum absolute atomic E-state index is 0.341. The number of nitrogens with zero attached hydrogens (tertiary/aromatic N) is 1. The first kappa shape index (κ1) is 12.5. The zero-order chi connectivity index (χ0) is 12.4. The molecule has 17 heavy (non-hydrogen) atoms. The third-order valence-electron chi connectivity index (χ3n) is 3.33. The number of aromatic nitrogens is 1. The van der Waals surface area contributed by atoms with Crippen molar-refractivity contribution in [2.75, 3.05) is 0 Å². The summed E-state index contributed by atoms with van der Waals surface area (Å²) < 4.78 is 0. The van der Waals surface area contributed by atoms with Crippen LogP contribution in [0.2, 0.25) is 0 Å². The summed E-state index contributed by atoms with van der Waals surface area (Å²) in [7, 11) is 0. The Morgan fingerprint density at radius 3 is 2.82 bits per heavy atom. The maximum Gasteiger partial charge on any atom is 0.320 e. The van der Waals surface area contributed by atoms with Crippen molar-refractivity contribution in [3.8, 4) is 0 Å². The highest BCUT2D eigenvalue weighted by atomic mass is 32.1. The van der Waals surface area contributed by atoms with Gasteiger partial charge in [0, 0.05) is 17.2 Å². The van der Waals surface area contributed by atoms with Crippen LogP contribution in [-0.2, 0) is 11.2 Å². The summed E-state index contributed by atoms with van der Waals surface area (Å²) in [6.07, 6.45) is 5.34. The number of aryl methyl sites for hydroxylation is 1. The lowest BCUT2D eigenvalue weighted by Crippen LogP contribution is -2.32. The molecule has 1 aromatic heterocycles. The topological polar surface area (TPSA) is 76.2 Å². The van der Waals surface area contributed by atoms with E-state index in [4.69, 9.17) is 10.8 Å². The van der Waals surface area contributed by atoms with Gasteiger partial charge in [-0.05, 0) is 19.8 Å². The second-order valence-corrected chi connectivity index (χ2v) is 5.97. The lowest BCUT2D eigenvalue weighted by Gasteiger charge is -2.06. The Bertz CT molecular complexity index is 411. The molecule has 1 fully saturated rings. The molecular formula is C12H18N2O2S. The molecule has 0 aromatic carbocycles. The first-order valence-electron chi connectivity index (χ1n) is 6.02. The molecule has 1 aliphatic rings. The number of carboxylic acids is 1. The smallest absolute Gasteiger partial charge is 0.320 e. The van der Waals surface area contributed by atoms with Gasteiger partial charge in [-0.25, -0.2) is 4.98 Å². The molecule has 3 N–H and O–H groups in total. The standard InChI is InChI=1S/C12H18N2O2S/c1-7-11(8-4-2-3-5-8)14-10(17-7)6-9(13)12(15)16/h8-9H,2-6,13H2,1H3,(H,15,16). The number of rotatable bonds is 4. The van der Waals surface area contributed by atoms with E-state index in [-0.39, 0.29) is 0 Å². The molecule has 1 aromatic rings. The van der Waals surface area contributed by atoms with Crippen LogP contribution in [0.4, 0.5) is 0 Å². The second-order valence-electron chi connectivity index (χ2n) is 4.68. The largest absolute Gasteiger partial charge is 0.480 e. The molecule has 94 valence electrons. The second kappa shape index (κ2) is 5.14. The van der Waals surface area contributed by atoms with Gasteiger partial charge in [-0.2, -0.15) is 0 Å². The fourth-order valence-electron chi connectivity index (χ4n) is 2.41. The fraction of sp³-hybridized carbons (Fsp3) is 0.667. The highest BCUT2D eigenvalue weighted by Crippen LogP contribution is 2.36. The van der Waals surface area contributed by atoms with E-state index < -0.39 is 12.0 Å². The van der Waals surface area contributed by atoms with E-state index in [2.05, 4.69) is 11.9 Å². The van der Waals surface area contributed by atoms with Gasteiger partial charge in [0.15, 0.2) is 0 Å². The average Bonchev–Trinajstić information content (AvgIpc) is 2.87. The Morgan fingerprint density at radius 1 is 1.59 bits per heavy atom. The summed E-state index contributed by atoms with van der Waals surface area (Å²) in [5.74, 6) is -0.374. The quantitative estimate of drug-likeness (QED) is 0.862. The number of carboxylic acid groups (broad SMARTS) is 1. The van der Waals surface area contributed by atoms with Crippen LogP contribution in [0.3, 0.4) is 0 Å². The lowest BCUT2D eigenvalue weighted by molar-refractivity contribution is -0.138. The van der Waals surface area contributed by atoms with E-state index in [0.717, 1.165) is 5.01 Å². The number of nitrogens with two attached hydrogens (primary N) is 1. The van der Waals surface area contributed by atoms with Gasteiger partial charge < -0.3 is 10.8 Å². The molecule has 0 saturated heterocycles. The molecule has 4 nitrogen and oxygen atoms in total. The van der Waals surface area contributed by atoms with Gasteiger partial charge in [-0.15, -0.1) is 11.3 Å². The third-order valence-corrected chi connectivity index (χ3v) is 4.34. The first-order chi connectivity index (χ1) is 8.08. The molecule has 0 aliphatic heterocycles. The predicted octanol–water partition coefficient (Wildman–Crippen LogP) is 2.06. The summed E-state index contributed by atoms with van der Waals surface area (Å²) in [4.78, 5) is 16.5. The Labute approximate surface area is 105 Å². The van der Waals surface area contributed by atoms with E-state index in [0.29, 0.717) is 12.3 Å². The van der Waals surface area contributed by atoms with Gasteiger partial charge in [-0.1, -0.05) is 12.8 Å². The maximum absolute atomic E-state index is 10.7. The molecule has 0 spiro atoms. The van der Waals surface area contributed by atoms with Gasteiger partial charge >= 0.3 is 5.97 Å². The Hall–Kier alpha value is -0.940. The molecule has 1 saturated carbocycles. The zero-order valence-corrected chi connectivity index (χ0v) is 10.8. The molecule has 1 heterocycles. The molecule has 0 bridgehead atoms. The van der Waals surface area contributed by atoms with Gasteiger partial charge in [0.25, 0.3) is 0 Å². The Morgan fingerprint density at radius 2 is 2.24 bits per heavy atom. The monoisotopic (exact) mass is 254 g/mol. The maximum atomic E-state index is 10.7. The van der Waals surface area contributed by atoms with Gasteiger partial charge in [-0.3, -0.25) is 4.79 Å². The van der Waals surface area contributed by atoms with Crippen molar-refractivity contribution in [3.63, 3.8) is 0 Å². The lowest BCUT2D eigenvalue weighted by atomic mass is 10.0. The number of carbonyl (C=O) groups is 1. The summed E-state index contributed by atoms with van der Waals surface area (Å²) >= 11 is 1.59. The van der Waals surface area contributed by atoms with E-state index >= 15 is 0 Å². The predicted molar refractivity (Wildman–Crippen MR) is 67.4 cm³/mol. The van der Waals surface area contributed by atoms with Crippen molar-refractivity contribution in [2.24, 2.45) is 5.73 Å². The van der Waals surface area contributed by atoms with Crippen LogP contribution >= 0.6 is 11.3 Å². The molecule has 5 heteroatoms. The zero-order valence-electron chi connectivity index (χ0n) is 9.98. The van der Waals surface area contributed by atoms with Gasteiger partial charge in [0.1, 0.15) is 6.04 Å². The Kier molecular flexibility index (Phi) is 3.79. The molecule has 0 radical (unpaired) electrons. The van der Waals surface area contributed by atoms with E-state index in [1.165, 1.54) is 36.3 Å². The third kappa shape index (κ3) is 2.84. The van der Waals surface area contributed by atoms with Crippen molar-refractivity contribution in [2.45, 2.75) is 51.0 Å². The average molecular weight is 254 g/mol. The summed E-state index contributed by atoms with van der Waals surface area (Å²) in [5.41, 5.74) is 6.71. The normalized spacial score (nSPS) is 18.5. The van der Waals surface area contributed by atoms with Crippen molar-refractivity contribution >= 4 is 17.3 Å². The van der Waals surface area contributed by atoms with Crippen LogP contribution in [0, 0.1) is 6.92 Å². The van der Waals surface area contributed by atoms with Crippen LogP contribution in [0.25, 0.3) is 0 Å². The highest BCUT2D eigenvalue weighted by molar-refractivity contribution is 7.11. The van der Waals surface area contributed by atoms with Crippen LogP contribution in [-0.4, -0.2) is 22.1 Å². The van der Waals surface area contributed by atoms with E-state index in [9.17, 15) is 4.79 Å². The number of hydrogen-bond acceptors (Lipinski definition) is 4. The molecule has 1 unspecified atom stereocenters. The SMILES string of the molecule is Cc1sc(CC(N)C(=O)O)nc1C1CCCC1. The minimum Gasteiger partial charge on any atom is -0.480 e. The van der Waals surface area contributed by atoms with Crippen molar-refractivity contribution in [3.05, 3.63) is 15.6 Å². The Balaban J connectivity index is 2.10. The number of hydrogen-bond donors (Lipinski definition) is 2. The molecule has 1 aliphatic carbocycles. The van der Waals surface area contributed by atoms with Crippen molar-refractivity contribution in [1.82, 2.24) is 4.98 Å². The van der Waals surface area contributed by atoms with Crippen LogP contribution in [0.15, 0.2) is 0 Å². The van der Waals surface area contributed by atoms with Gasteiger partial charge in [0.2, 0.25) is 0 Å².